The quantitative estimate of drug-likeness (QED) is 0.179. The number of hydrogen-bond acceptors (Lipinski definition) is 6. The molecule has 0 aromatic heterocycles. The summed E-state index contributed by atoms with van der Waals surface area (Å²) in [4.78, 5) is 62.1. The predicted molar refractivity (Wildman–Crippen MR) is 148 cm³/mol. The Morgan fingerprint density at radius 3 is 1.62 bits per heavy atom. The highest BCUT2D eigenvalue weighted by molar-refractivity contribution is 5.94. The number of carbonyl (C=O) groups excluding carboxylic acids is 3. The minimum atomic E-state index is -1.21. The molecule has 0 fully saturated rings. The van der Waals surface area contributed by atoms with E-state index in [9.17, 15) is 29.1 Å². The minimum Gasteiger partial charge on any atom is -0.481 e. The highest BCUT2D eigenvalue weighted by atomic mass is 16.4. The van der Waals surface area contributed by atoms with E-state index < -0.39 is 53.8 Å². The first-order valence-electron chi connectivity index (χ1n) is 13.1. The van der Waals surface area contributed by atoms with E-state index in [2.05, 4.69) is 16.0 Å². The first-order chi connectivity index (χ1) is 19.0. The molecule has 0 bridgehead atoms. The molecule has 2 aromatic rings. The topological polar surface area (TPSA) is 188 Å². The monoisotopic (exact) mass is 554 g/mol. The van der Waals surface area contributed by atoms with Crippen molar-refractivity contribution >= 4 is 29.7 Å². The van der Waals surface area contributed by atoms with Gasteiger partial charge in [-0.05, 0) is 29.9 Å². The summed E-state index contributed by atoms with van der Waals surface area (Å²) in [6.07, 6.45) is -0.0535. The Hall–Kier alpha value is -4.25. The lowest BCUT2D eigenvalue weighted by molar-refractivity contribution is -0.142. The van der Waals surface area contributed by atoms with Gasteiger partial charge in [-0.1, -0.05) is 74.5 Å². The van der Waals surface area contributed by atoms with Gasteiger partial charge in [-0.15, -0.1) is 0 Å². The second-order valence-corrected chi connectivity index (χ2v) is 10.1. The van der Waals surface area contributed by atoms with Crippen LogP contribution in [0.1, 0.15) is 44.2 Å². The summed E-state index contributed by atoms with van der Waals surface area (Å²) < 4.78 is 0. The van der Waals surface area contributed by atoms with Crippen molar-refractivity contribution in [1.82, 2.24) is 16.0 Å². The summed E-state index contributed by atoms with van der Waals surface area (Å²) in [5.41, 5.74) is 7.31. The van der Waals surface area contributed by atoms with Crippen molar-refractivity contribution < 1.29 is 34.2 Å². The molecule has 0 aliphatic rings. The molecule has 40 heavy (non-hydrogen) atoms. The summed E-state index contributed by atoms with van der Waals surface area (Å²) in [6, 6.07) is 13.2. The van der Waals surface area contributed by atoms with Gasteiger partial charge in [-0.2, -0.15) is 0 Å². The zero-order chi connectivity index (χ0) is 29.7. The molecular formula is C29H38N4O7. The summed E-state index contributed by atoms with van der Waals surface area (Å²) in [5, 5.41) is 26.4. The van der Waals surface area contributed by atoms with Gasteiger partial charge < -0.3 is 31.9 Å². The number of nitrogens with two attached hydrogens (primary N) is 1. The molecule has 3 amide bonds. The molecule has 2 aromatic carbocycles. The van der Waals surface area contributed by atoms with Gasteiger partial charge >= 0.3 is 11.9 Å². The average Bonchev–Trinajstić information content (AvgIpc) is 2.91. The first-order valence-corrected chi connectivity index (χ1v) is 13.1. The Bertz CT molecular complexity index is 1140. The largest absolute Gasteiger partial charge is 0.481 e. The number of hydrogen-bond donors (Lipinski definition) is 6. The number of carboxylic acids is 2. The van der Waals surface area contributed by atoms with Crippen LogP contribution in [0, 0.1) is 5.92 Å². The zero-order valence-corrected chi connectivity index (χ0v) is 22.7. The number of rotatable bonds is 16. The lowest BCUT2D eigenvalue weighted by atomic mass is 9.99. The smallest absolute Gasteiger partial charge is 0.326 e. The van der Waals surface area contributed by atoms with Crippen LogP contribution in [0.4, 0.5) is 0 Å². The van der Waals surface area contributed by atoms with Gasteiger partial charge in [-0.25, -0.2) is 4.79 Å². The van der Waals surface area contributed by atoms with Crippen LogP contribution >= 0.6 is 0 Å². The number of nitrogens with one attached hydrogen (secondary N) is 3. The Balaban J connectivity index is 2.20. The molecule has 2 rings (SSSR count). The molecule has 7 N–H and O–H groups in total. The SMILES string of the molecule is CC(C)CC(NC(=O)C(Cc1ccccc1)NC(=O)C(N)CCC(=O)O)C(=O)NC(Cc1ccccc1)C(=O)O. The summed E-state index contributed by atoms with van der Waals surface area (Å²) in [7, 11) is 0. The maximum absolute atomic E-state index is 13.4. The van der Waals surface area contributed by atoms with Crippen LogP contribution in [0.2, 0.25) is 0 Å². The van der Waals surface area contributed by atoms with Crippen LogP contribution in [0.15, 0.2) is 60.7 Å². The molecule has 0 heterocycles. The van der Waals surface area contributed by atoms with Crippen molar-refractivity contribution in [2.45, 2.75) is 70.1 Å². The molecule has 11 heteroatoms. The van der Waals surface area contributed by atoms with Crippen LogP contribution in [-0.2, 0) is 36.8 Å². The maximum atomic E-state index is 13.4. The highest BCUT2D eigenvalue weighted by Crippen LogP contribution is 2.10. The standard InChI is InChI=1S/C29H38N4O7/c1-18(2)15-22(27(37)33-24(29(39)40)17-20-11-7-4-8-12-20)32-28(38)23(16-19-9-5-3-6-10-19)31-26(36)21(30)13-14-25(34)35/h3-12,18,21-24H,13-17,30H2,1-2H3,(H,31,36)(H,32,38)(H,33,37)(H,34,35)(H,39,40). The normalized spacial score (nSPS) is 13.9. The van der Waals surface area contributed by atoms with Crippen molar-refractivity contribution in [2.75, 3.05) is 0 Å². The molecule has 0 spiro atoms. The molecule has 4 atom stereocenters. The van der Waals surface area contributed by atoms with Gasteiger partial charge in [0.1, 0.15) is 18.1 Å². The Kier molecular flexibility index (Phi) is 12.8. The number of carboxylic acid groups (broad SMARTS) is 2. The first kappa shape index (κ1) is 32.0. The van der Waals surface area contributed by atoms with Gasteiger partial charge in [0, 0.05) is 19.3 Å². The third-order valence-electron chi connectivity index (χ3n) is 6.16. The van der Waals surface area contributed by atoms with Gasteiger partial charge in [0.05, 0.1) is 6.04 Å². The molecule has 0 aliphatic carbocycles. The Morgan fingerprint density at radius 1 is 0.700 bits per heavy atom. The average molecular weight is 555 g/mol. The maximum Gasteiger partial charge on any atom is 0.326 e. The van der Waals surface area contributed by atoms with E-state index in [-0.39, 0.29) is 38.0 Å². The van der Waals surface area contributed by atoms with Crippen molar-refractivity contribution in [2.24, 2.45) is 11.7 Å². The molecular weight excluding hydrogens is 516 g/mol. The lowest BCUT2D eigenvalue weighted by Crippen LogP contribution is -2.58. The number of amides is 3. The summed E-state index contributed by atoms with van der Waals surface area (Å²) >= 11 is 0. The third-order valence-corrected chi connectivity index (χ3v) is 6.16. The Morgan fingerprint density at radius 2 is 1.15 bits per heavy atom. The molecule has 11 nitrogen and oxygen atoms in total. The van der Waals surface area contributed by atoms with Crippen molar-refractivity contribution in [3.05, 3.63) is 71.8 Å². The number of carbonyl (C=O) groups is 5. The fourth-order valence-electron chi connectivity index (χ4n) is 4.05. The summed E-state index contributed by atoms with van der Waals surface area (Å²) in [5.74, 6) is -4.35. The molecule has 0 radical (unpaired) electrons. The lowest BCUT2D eigenvalue weighted by Gasteiger charge is -2.26. The van der Waals surface area contributed by atoms with E-state index in [1.54, 1.807) is 60.7 Å². The van der Waals surface area contributed by atoms with Gasteiger partial charge in [0.2, 0.25) is 17.7 Å². The van der Waals surface area contributed by atoms with Crippen LogP contribution in [-0.4, -0.2) is 64.0 Å². The predicted octanol–water partition coefficient (Wildman–Crippen LogP) is 1.25. The highest BCUT2D eigenvalue weighted by Gasteiger charge is 2.31. The van der Waals surface area contributed by atoms with E-state index in [1.807, 2.05) is 13.8 Å². The minimum absolute atomic E-state index is 0.0277. The van der Waals surface area contributed by atoms with Gasteiger partial charge in [-0.3, -0.25) is 19.2 Å². The third kappa shape index (κ3) is 11.2. The van der Waals surface area contributed by atoms with Crippen LogP contribution in [0.5, 0.6) is 0 Å². The van der Waals surface area contributed by atoms with Gasteiger partial charge in [0.15, 0.2) is 0 Å². The fraction of sp³-hybridized carbons (Fsp3) is 0.414. The van der Waals surface area contributed by atoms with E-state index >= 15 is 0 Å². The number of aliphatic carboxylic acids is 2. The molecule has 0 saturated carbocycles. The van der Waals surface area contributed by atoms with Crippen molar-refractivity contribution in [3.63, 3.8) is 0 Å². The Labute approximate surface area is 233 Å². The summed E-state index contributed by atoms with van der Waals surface area (Å²) in [6.45, 7) is 3.71. The number of benzene rings is 2. The second kappa shape index (κ2) is 16.0. The van der Waals surface area contributed by atoms with E-state index in [4.69, 9.17) is 10.8 Å². The van der Waals surface area contributed by atoms with Crippen LogP contribution < -0.4 is 21.7 Å². The van der Waals surface area contributed by atoms with E-state index in [1.165, 1.54) is 0 Å². The van der Waals surface area contributed by atoms with Crippen LogP contribution in [0.25, 0.3) is 0 Å². The molecule has 4 unspecified atom stereocenters. The molecule has 0 saturated heterocycles. The van der Waals surface area contributed by atoms with Crippen LogP contribution in [0.3, 0.4) is 0 Å². The van der Waals surface area contributed by atoms with Crippen molar-refractivity contribution in [3.8, 4) is 0 Å². The van der Waals surface area contributed by atoms with E-state index in [0.29, 0.717) is 0 Å². The zero-order valence-electron chi connectivity index (χ0n) is 22.7. The van der Waals surface area contributed by atoms with Crippen molar-refractivity contribution in [1.29, 1.82) is 0 Å². The van der Waals surface area contributed by atoms with Gasteiger partial charge in [0.25, 0.3) is 0 Å². The molecule has 0 aliphatic heterocycles. The molecule has 216 valence electrons. The second-order valence-electron chi connectivity index (χ2n) is 10.1. The fourth-order valence-corrected chi connectivity index (χ4v) is 4.05. The van der Waals surface area contributed by atoms with E-state index in [0.717, 1.165) is 11.1 Å².